The standard InChI is InChI=1S/C23H21NO3S/c25-22(21-7-4-14-28-21)24-12-10-23(11-13-24)26-16-19-15-18(8-9-20(19)27-23)17-5-2-1-3-6-17/h1-9,14-15H,10-13,16H2. The molecule has 28 heavy (non-hydrogen) atoms. The smallest absolute Gasteiger partial charge is 0.263 e. The van der Waals surface area contributed by atoms with Crippen LogP contribution in [0.25, 0.3) is 11.1 Å². The number of rotatable bonds is 2. The summed E-state index contributed by atoms with van der Waals surface area (Å²) in [5, 5.41) is 1.94. The molecule has 1 saturated heterocycles. The Bertz CT molecular complexity index is 976. The summed E-state index contributed by atoms with van der Waals surface area (Å²) >= 11 is 1.49. The Balaban J connectivity index is 1.29. The maximum atomic E-state index is 12.6. The number of nitrogens with zero attached hydrogens (tertiary/aromatic N) is 1. The second kappa shape index (κ2) is 7.08. The maximum Gasteiger partial charge on any atom is 0.263 e. The lowest BCUT2D eigenvalue weighted by atomic mass is 9.99. The lowest BCUT2D eigenvalue weighted by Crippen LogP contribution is -2.52. The van der Waals surface area contributed by atoms with E-state index in [4.69, 9.17) is 9.47 Å². The Labute approximate surface area is 168 Å². The third-order valence-electron chi connectivity index (χ3n) is 5.50. The number of likely N-dealkylation sites (tertiary alicyclic amines) is 1. The zero-order chi connectivity index (χ0) is 19.0. The van der Waals surface area contributed by atoms with Gasteiger partial charge in [0, 0.05) is 31.5 Å². The highest BCUT2D eigenvalue weighted by Crippen LogP contribution is 2.39. The number of amides is 1. The first-order chi connectivity index (χ1) is 13.7. The van der Waals surface area contributed by atoms with Crippen LogP contribution in [0.1, 0.15) is 28.1 Å². The largest absolute Gasteiger partial charge is 0.462 e. The molecule has 142 valence electrons. The zero-order valence-corrected chi connectivity index (χ0v) is 16.3. The fourth-order valence-corrected chi connectivity index (χ4v) is 4.58. The SMILES string of the molecule is O=C(c1cccs1)N1CCC2(CC1)OCc1cc(-c3ccccc3)ccc1O2. The molecule has 0 atom stereocenters. The summed E-state index contributed by atoms with van der Waals surface area (Å²) in [6, 6.07) is 20.4. The zero-order valence-electron chi connectivity index (χ0n) is 15.5. The van der Waals surface area contributed by atoms with Crippen LogP contribution in [0.4, 0.5) is 0 Å². The highest BCUT2D eigenvalue weighted by Gasteiger charge is 2.42. The molecule has 0 saturated carbocycles. The van der Waals surface area contributed by atoms with Crippen molar-refractivity contribution in [1.29, 1.82) is 0 Å². The van der Waals surface area contributed by atoms with Crippen LogP contribution in [0.15, 0.2) is 66.0 Å². The number of thiophene rings is 1. The van der Waals surface area contributed by atoms with Gasteiger partial charge in [-0.1, -0.05) is 42.5 Å². The molecule has 0 aliphatic carbocycles. The summed E-state index contributed by atoms with van der Waals surface area (Å²) < 4.78 is 12.5. The van der Waals surface area contributed by atoms with Crippen molar-refractivity contribution >= 4 is 17.2 Å². The van der Waals surface area contributed by atoms with Gasteiger partial charge < -0.3 is 14.4 Å². The number of carbonyl (C=O) groups excluding carboxylic acids is 1. The molecule has 3 heterocycles. The second-order valence-electron chi connectivity index (χ2n) is 7.26. The minimum absolute atomic E-state index is 0.105. The van der Waals surface area contributed by atoms with Gasteiger partial charge in [0.15, 0.2) is 0 Å². The average molecular weight is 391 g/mol. The van der Waals surface area contributed by atoms with E-state index in [1.54, 1.807) is 0 Å². The van der Waals surface area contributed by atoms with Gasteiger partial charge in [-0.2, -0.15) is 0 Å². The second-order valence-corrected chi connectivity index (χ2v) is 8.21. The van der Waals surface area contributed by atoms with Gasteiger partial charge in [0.05, 0.1) is 11.5 Å². The van der Waals surface area contributed by atoms with E-state index < -0.39 is 5.79 Å². The summed E-state index contributed by atoms with van der Waals surface area (Å²) in [5.74, 6) is 0.380. The minimum Gasteiger partial charge on any atom is -0.462 e. The number of hydrogen-bond acceptors (Lipinski definition) is 4. The van der Waals surface area contributed by atoms with Crippen LogP contribution in [0.3, 0.4) is 0 Å². The van der Waals surface area contributed by atoms with Gasteiger partial charge in [-0.3, -0.25) is 4.79 Å². The van der Waals surface area contributed by atoms with Crippen molar-refractivity contribution < 1.29 is 14.3 Å². The van der Waals surface area contributed by atoms with Crippen LogP contribution in [0.2, 0.25) is 0 Å². The van der Waals surface area contributed by atoms with Crippen molar-refractivity contribution in [1.82, 2.24) is 4.90 Å². The van der Waals surface area contributed by atoms with Crippen LogP contribution in [-0.2, 0) is 11.3 Å². The van der Waals surface area contributed by atoms with Gasteiger partial charge in [-0.25, -0.2) is 0 Å². The first kappa shape index (κ1) is 17.5. The molecule has 3 aromatic rings. The van der Waals surface area contributed by atoms with Gasteiger partial charge in [0.25, 0.3) is 5.91 Å². The summed E-state index contributed by atoms with van der Waals surface area (Å²) in [6.07, 6.45) is 1.37. The Hall–Kier alpha value is -2.63. The first-order valence-electron chi connectivity index (χ1n) is 9.57. The molecule has 2 aliphatic rings. The molecular weight excluding hydrogens is 370 g/mol. The summed E-state index contributed by atoms with van der Waals surface area (Å²) in [7, 11) is 0. The quantitative estimate of drug-likeness (QED) is 0.620. The van der Waals surface area contributed by atoms with E-state index in [1.807, 2.05) is 46.7 Å². The van der Waals surface area contributed by atoms with Crippen LogP contribution < -0.4 is 4.74 Å². The van der Waals surface area contributed by atoms with Gasteiger partial charge in [0.2, 0.25) is 5.79 Å². The molecule has 1 amide bonds. The maximum absolute atomic E-state index is 12.6. The topological polar surface area (TPSA) is 38.8 Å². The molecule has 0 N–H and O–H groups in total. The summed E-state index contributed by atoms with van der Waals surface area (Å²) in [6.45, 7) is 1.83. The molecule has 4 nitrogen and oxygen atoms in total. The predicted molar refractivity (Wildman–Crippen MR) is 109 cm³/mol. The Kier molecular flexibility index (Phi) is 4.41. The van der Waals surface area contributed by atoms with E-state index >= 15 is 0 Å². The van der Waals surface area contributed by atoms with Crippen molar-refractivity contribution in [2.75, 3.05) is 13.1 Å². The van der Waals surface area contributed by atoms with Crippen molar-refractivity contribution in [3.8, 4) is 16.9 Å². The molecule has 5 rings (SSSR count). The highest BCUT2D eigenvalue weighted by atomic mass is 32.1. The molecule has 2 aromatic carbocycles. The molecule has 0 unspecified atom stereocenters. The lowest BCUT2D eigenvalue weighted by Gasteiger charge is -2.44. The van der Waals surface area contributed by atoms with Crippen LogP contribution in [0, 0.1) is 0 Å². The van der Waals surface area contributed by atoms with Gasteiger partial charge >= 0.3 is 0 Å². The number of fused-ring (bicyclic) bond motifs is 1. The van der Waals surface area contributed by atoms with Crippen molar-refractivity contribution in [2.45, 2.75) is 25.2 Å². The number of ether oxygens (including phenoxy) is 2. The van der Waals surface area contributed by atoms with E-state index in [9.17, 15) is 4.79 Å². The van der Waals surface area contributed by atoms with Crippen molar-refractivity contribution in [3.63, 3.8) is 0 Å². The predicted octanol–water partition coefficient (Wildman–Crippen LogP) is 4.96. The van der Waals surface area contributed by atoms with Gasteiger partial charge in [0.1, 0.15) is 5.75 Å². The lowest BCUT2D eigenvalue weighted by molar-refractivity contribution is -0.225. The van der Waals surface area contributed by atoms with E-state index in [-0.39, 0.29) is 5.91 Å². The molecular formula is C23H21NO3S. The van der Waals surface area contributed by atoms with E-state index in [2.05, 4.69) is 24.3 Å². The Morgan fingerprint density at radius 2 is 1.79 bits per heavy atom. The van der Waals surface area contributed by atoms with Crippen LogP contribution >= 0.6 is 11.3 Å². The van der Waals surface area contributed by atoms with Crippen LogP contribution in [0.5, 0.6) is 5.75 Å². The Morgan fingerprint density at radius 3 is 2.54 bits per heavy atom. The molecule has 1 fully saturated rings. The van der Waals surface area contributed by atoms with E-state index in [1.165, 1.54) is 22.5 Å². The summed E-state index contributed by atoms with van der Waals surface area (Å²) in [5.41, 5.74) is 3.42. The normalized spacial score (nSPS) is 17.8. The molecule has 2 aliphatic heterocycles. The van der Waals surface area contributed by atoms with Crippen molar-refractivity contribution in [2.24, 2.45) is 0 Å². The fraction of sp³-hybridized carbons (Fsp3) is 0.261. The van der Waals surface area contributed by atoms with Crippen LogP contribution in [-0.4, -0.2) is 29.7 Å². The van der Waals surface area contributed by atoms with E-state index in [0.717, 1.165) is 16.2 Å². The fourth-order valence-electron chi connectivity index (χ4n) is 3.89. The molecule has 5 heteroatoms. The van der Waals surface area contributed by atoms with Gasteiger partial charge in [-0.05, 0) is 34.7 Å². The van der Waals surface area contributed by atoms with Crippen molar-refractivity contribution in [3.05, 3.63) is 76.5 Å². The monoisotopic (exact) mass is 391 g/mol. The molecule has 0 radical (unpaired) electrons. The average Bonchev–Trinajstić information content (AvgIpc) is 3.29. The Morgan fingerprint density at radius 1 is 0.964 bits per heavy atom. The third-order valence-corrected chi connectivity index (χ3v) is 6.36. The molecule has 1 aromatic heterocycles. The third kappa shape index (κ3) is 3.21. The number of piperidine rings is 1. The minimum atomic E-state index is -0.618. The number of hydrogen-bond donors (Lipinski definition) is 0. The highest BCUT2D eigenvalue weighted by molar-refractivity contribution is 7.12. The number of benzene rings is 2. The summed E-state index contributed by atoms with van der Waals surface area (Å²) in [4.78, 5) is 15.2. The molecule has 1 spiro atoms. The first-order valence-corrected chi connectivity index (χ1v) is 10.4. The van der Waals surface area contributed by atoms with E-state index in [0.29, 0.717) is 32.5 Å². The molecule has 0 bridgehead atoms. The van der Waals surface area contributed by atoms with Gasteiger partial charge in [-0.15, -0.1) is 11.3 Å². The number of carbonyl (C=O) groups is 1.